The predicted molar refractivity (Wildman–Crippen MR) is 155 cm³/mol. The van der Waals surface area contributed by atoms with Crippen molar-refractivity contribution in [1.82, 2.24) is 10.6 Å². The first-order valence-electron chi connectivity index (χ1n) is 16.2. The van der Waals surface area contributed by atoms with Crippen LogP contribution in [-0.4, -0.2) is 26.2 Å². The van der Waals surface area contributed by atoms with E-state index in [2.05, 4.69) is 24.5 Å². The Balaban J connectivity index is 1.97. The van der Waals surface area contributed by atoms with Gasteiger partial charge in [-0.1, -0.05) is 149 Å². The highest BCUT2D eigenvalue weighted by Crippen LogP contribution is 2.35. The second-order valence-corrected chi connectivity index (χ2v) is 11.8. The van der Waals surface area contributed by atoms with E-state index in [0.717, 1.165) is 0 Å². The molecule has 1 aliphatic rings. The molecule has 0 heterocycles. The Morgan fingerprint density at radius 1 is 0.412 bits per heavy atom. The van der Waals surface area contributed by atoms with Crippen molar-refractivity contribution in [2.75, 3.05) is 26.2 Å². The molecule has 0 unspecified atom stereocenters. The zero-order valence-corrected chi connectivity index (χ0v) is 24.0. The van der Waals surface area contributed by atoms with Crippen LogP contribution < -0.4 is 10.6 Å². The van der Waals surface area contributed by atoms with E-state index in [1.807, 2.05) is 0 Å². The number of hydrogen-bond acceptors (Lipinski definition) is 2. The molecule has 0 aromatic carbocycles. The summed E-state index contributed by atoms with van der Waals surface area (Å²) < 4.78 is 0. The molecule has 0 atom stereocenters. The predicted octanol–water partition coefficient (Wildman–Crippen LogP) is 9.96. The largest absolute Gasteiger partial charge is 0.316 e. The van der Waals surface area contributed by atoms with E-state index in [4.69, 9.17) is 0 Å². The molecule has 0 spiro atoms. The minimum atomic E-state index is 0.537. The van der Waals surface area contributed by atoms with Gasteiger partial charge in [0.25, 0.3) is 0 Å². The third-order valence-corrected chi connectivity index (χ3v) is 8.33. The third-order valence-electron chi connectivity index (χ3n) is 8.33. The van der Waals surface area contributed by atoms with E-state index in [-0.39, 0.29) is 0 Å². The van der Waals surface area contributed by atoms with Crippen molar-refractivity contribution < 1.29 is 0 Å². The Hall–Kier alpha value is -0.0800. The third kappa shape index (κ3) is 19.1. The molecule has 2 nitrogen and oxygen atoms in total. The van der Waals surface area contributed by atoms with Gasteiger partial charge in [0.1, 0.15) is 0 Å². The van der Waals surface area contributed by atoms with Crippen LogP contribution in [0.2, 0.25) is 0 Å². The van der Waals surface area contributed by atoms with Gasteiger partial charge in [0, 0.05) is 13.1 Å². The normalized spacial score (nSPS) is 15.7. The minimum absolute atomic E-state index is 0.537. The average molecular weight is 479 g/mol. The summed E-state index contributed by atoms with van der Waals surface area (Å²) in [6, 6.07) is 0. The van der Waals surface area contributed by atoms with Crippen molar-refractivity contribution in [3.05, 3.63) is 0 Å². The van der Waals surface area contributed by atoms with Crippen LogP contribution in [0.5, 0.6) is 0 Å². The van der Waals surface area contributed by atoms with Crippen molar-refractivity contribution in [3.63, 3.8) is 0 Å². The van der Waals surface area contributed by atoms with Gasteiger partial charge in [0.2, 0.25) is 0 Å². The topological polar surface area (TPSA) is 24.1 Å². The molecule has 2 heteroatoms. The summed E-state index contributed by atoms with van der Waals surface area (Å²) in [4.78, 5) is 0. The van der Waals surface area contributed by atoms with Gasteiger partial charge in [-0.25, -0.2) is 0 Å². The molecule has 0 aromatic rings. The highest BCUT2D eigenvalue weighted by molar-refractivity contribution is 4.87. The molecule has 204 valence electrons. The zero-order valence-electron chi connectivity index (χ0n) is 24.0. The molecule has 1 saturated carbocycles. The molecule has 0 bridgehead atoms. The van der Waals surface area contributed by atoms with Crippen molar-refractivity contribution in [1.29, 1.82) is 0 Å². The molecule has 1 fully saturated rings. The van der Waals surface area contributed by atoms with Gasteiger partial charge in [0.15, 0.2) is 0 Å². The summed E-state index contributed by atoms with van der Waals surface area (Å²) in [6.07, 6.45) is 35.9. The standard InChI is InChI=1S/C32H66N2/c1-3-5-7-9-11-13-15-17-19-24-28-33-30-32(26-22-21-23-27-32)31-34-29-25-20-18-16-14-12-10-8-6-4-2/h33-34H,3-31H2,1-2H3. The molecule has 0 radical (unpaired) electrons. The second kappa shape index (κ2) is 24.6. The van der Waals surface area contributed by atoms with Crippen LogP contribution >= 0.6 is 0 Å². The molecule has 0 aromatic heterocycles. The number of nitrogens with one attached hydrogen (secondary N) is 2. The lowest BCUT2D eigenvalue weighted by Gasteiger charge is -2.38. The maximum atomic E-state index is 3.87. The summed E-state index contributed by atoms with van der Waals surface area (Å²) in [5.41, 5.74) is 0.537. The lowest BCUT2D eigenvalue weighted by Crippen LogP contribution is -2.44. The van der Waals surface area contributed by atoms with Crippen LogP contribution in [0.4, 0.5) is 0 Å². The second-order valence-electron chi connectivity index (χ2n) is 11.8. The molecule has 0 amide bonds. The molecule has 2 N–H and O–H groups in total. The van der Waals surface area contributed by atoms with Crippen LogP contribution in [0.25, 0.3) is 0 Å². The van der Waals surface area contributed by atoms with Gasteiger partial charge >= 0.3 is 0 Å². The first-order chi connectivity index (χ1) is 16.8. The van der Waals surface area contributed by atoms with Crippen molar-refractivity contribution in [3.8, 4) is 0 Å². The number of rotatable bonds is 26. The average Bonchev–Trinajstić information content (AvgIpc) is 2.86. The van der Waals surface area contributed by atoms with Gasteiger partial charge in [-0.05, 0) is 44.2 Å². The molecular weight excluding hydrogens is 412 g/mol. The first kappa shape index (κ1) is 31.9. The van der Waals surface area contributed by atoms with E-state index in [0.29, 0.717) is 5.41 Å². The fourth-order valence-electron chi connectivity index (χ4n) is 5.90. The Labute approximate surface area is 216 Å². The fraction of sp³-hybridized carbons (Fsp3) is 1.00. The number of hydrogen-bond donors (Lipinski definition) is 2. The maximum absolute atomic E-state index is 3.87. The van der Waals surface area contributed by atoms with E-state index >= 15 is 0 Å². The van der Waals surface area contributed by atoms with Crippen LogP contribution in [0.15, 0.2) is 0 Å². The summed E-state index contributed by atoms with van der Waals surface area (Å²) in [6.45, 7) is 9.57. The molecule has 1 rings (SSSR count). The Kier molecular flexibility index (Phi) is 23.1. The molecule has 0 aliphatic heterocycles. The summed E-state index contributed by atoms with van der Waals surface area (Å²) in [5, 5.41) is 7.75. The smallest absolute Gasteiger partial charge is 0.00200 e. The Morgan fingerprint density at radius 2 is 0.735 bits per heavy atom. The molecule has 1 aliphatic carbocycles. The quantitative estimate of drug-likeness (QED) is 0.121. The minimum Gasteiger partial charge on any atom is -0.316 e. The highest BCUT2D eigenvalue weighted by Gasteiger charge is 2.31. The van der Waals surface area contributed by atoms with Gasteiger partial charge in [0.05, 0.1) is 0 Å². The van der Waals surface area contributed by atoms with Gasteiger partial charge < -0.3 is 10.6 Å². The fourth-order valence-corrected chi connectivity index (χ4v) is 5.90. The van der Waals surface area contributed by atoms with E-state index in [1.54, 1.807) is 0 Å². The van der Waals surface area contributed by atoms with E-state index in [1.165, 1.54) is 187 Å². The maximum Gasteiger partial charge on any atom is 0.00200 e. The SMILES string of the molecule is CCCCCCCCCCCCNCC1(CNCCCCCCCCCCCC)CCCCC1. The summed E-state index contributed by atoms with van der Waals surface area (Å²) in [7, 11) is 0. The van der Waals surface area contributed by atoms with Crippen LogP contribution in [-0.2, 0) is 0 Å². The zero-order chi connectivity index (χ0) is 24.4. The Morgan fingerprint density at radius 3 is 1.09 bits per heavy atom. The van der Waals surface area contributed by atoms with Crippen LogP contribution in [0.3, 0.4) is 0 Å². The lowest BCUT2D eigenvalue weighted by atomic mass is 9.74. The summed E-state index contributed by atoms with van der Waals surface area (Å²) >= 11 is 0. The van der Waals surface area contributed by atoms with Crippen molar-refractivity contribution in [2.24, 2.45) is 5.41 Å². The van der Waals surface area contributed by atoms with Crippen LogP contribution in [0, 0.1) is 5.41 Å². The van der Waals surface area contributed by atoms with E-state index in [9.17, 15) is 0 Å². The Bertz CT molecular complexity index is 358. The molecule has 0 saturated heterocycles. The van der Waals surface area contributed by atoms with Gasteiger partial charge in [-0.2, -0.15) is 0 Å². The molecule has 34 heavy (non-hydrogen) atoms. The lowest BCUT2D eigenvalue weighted by molar-refractivity contribution is 0.176. The first-order valence-corrected chi connectivity index (χ1v) is 16.2. The van der Waals surface area contributed by atoms with Crippen LogP contribution in [0.1, 0.15) is 174 Å². The summed E-state index contributed by atoms with van der Waals surface area (Å²) in [5.74, 6) is 0. The highest BCUT2D eigenvalue weighted by atomic mass is 14.9. The van der Waals surface area contributed by atoms with E-state index < -0.39 is 0 Å². The van der Waals surface area contributed by atoms with Crippen molar-refractivity contribution >= 4 is 0 Å². The molecular formula is C32H66N2. The van der Waals surface area contributed by atoms with Crippen molar-refractivity contribution in [2.45, 2.75) is 174 Å². The monoisotopic (exact) mass is 479 g/mol. The van der Waals surface area contributed by atoms with Gasteiger partial charge in [-0.3, -0.25) is 0 Å². The number of unbranched alkanes of at least 4 members (excludes halogenated alkanes) is 18. The van der Waals surface area contributed by atoms with Gasteiger partial charge in [-0.15, -0.1) is 0 Å².